The molecule has 0 aliphatic rings. The van der Waals surface area contributed by atoms with E-state index < -0.39 is 0 Å². The highest BCUT2D eigenvalue weighted by Gasteiger charge is 1.99. The summed E-state index contributed by atoms with van der Waals surface area (Å²) in [5.74, 6) is 0. The van der Waals surface area contributed by atoms with Crippen molar-refractivity contribution in [1.82, 2.24) is 5.43 Å². The molecule has 0 fully saturated rings. The number of para-hydroxylation sites is 2. The molecule has 0 heterocycles. The van der Waals surface area contributed by atoms with Gasteiger partial charge in [-0.1, -0.05) is 12.1 Å². The van der Waals surface area contributed by atoms with Gasteiger partial charge in [0.25, 0.3) is 0 Å². The van der Waals surface area contributed by atoms with Crippen LogP contribution in [0.15, 0.2) is 24.3 Å². The first-order valence-corrected chi connectivity index (χ1v) is 3.51. The summed E-state index contributed by atoms with van der Waals surface area (Å²) in [6.07, 6.45) is 0. The Labute approximate surface area is 66.8 Å². The maximum Gasteiger partial charge on any atom is 0.0745 e. The number of rotatable bonds is 2. The minimum atomic E-state index is 0.782. The summed E-state index contributed by atoms with van der Waals surface area (Å²) in [5, 5.41) is 1.87. The molecule has 0 saturated heterocycles. The SMILES string of the molecule is CNN(C)c1ccccc1N. The van der Waals surface area contributed by atoms with E-state index in [0.29, 0.717) is 0 Å². The normalized spacial score (nSPS) is 9.64. The number of nitrogens with zero attached hydrogens (tertiary/aromatic N) is 1. The van der Waals surface area contributed by atoms with Crippen LogP contribution in [0.4, 0.5) is 11.4 Å². The highest BCUT2D eigenvalue weighted by Crippen LogP contribution is 2.18. The van der Waals surface area contributed by atoms with Gasteiger partial charge < -0.3 is 10.7 Å². The van der Waals surface area contributed by atoms with E-state index in [9.17, 15) is 0 Å². The molecule has 1 aromatic carbocycles. The lowest BCUT2D eigenvalue weighted by atomic mass is 10.3. The van der Waals surface area contributed by atoms with Crippen LogP contribution in [0.2, 0.25) is 0 Å². The molecule has 0 saturated carbocycles. The van der Waals surface area contributed by atoms with Crippen molar-refractivity contribution in [2.75, 3.05) is 24.8 Å². The second kappa shape index (κ2) is 3.25. The van der Waals surface area contributed by atoms with Crippen LogP contribution >= 0.6 is 0 Å². The van der Waals surface area contributed by atoms with Crippen molar-refractivity contribution in [2.24, 2.45) is 0 Å². The van der Waals surface area contributed by atoms with Crippen molar-refractivity contribution >= 4 is 11.4 Å². The van der Waals surface area contributed by atoms with Crippen LogP contribution in [0.1, 0.15) is 0 Å². The monoisotopic (exact) mass is 151 g/mol. The fourth-order valence-electron chi connectivity index (χ4n) is 0.913. The average Bonchev–Trinajstić information content (AvgIpc) is 2.04. The van der Waals surface area contributed by atoms with E-state index in [0.717, 1.165) is 11.4 Å². The van der Waals surface area contributed by atoms with Crippen LogP contribution in [0.25, 0.3) is 0 Å². The summed E-state index contributed by atoms with van der Waals surface area (Å²) in [7, 11) is 3.78. The first-order valence-electron chi connectivity index (χ1n) is 3.51. The molecule has 0 atom stereocenters. The molecule has 0 aliphatic carbocycles. The van der Waals surface area contributed by atoms with Crippen molar-refractivity contribution in [3.63, 3.8) is 0 Å². The number of nitrogens with one attached hydrogen (secondary N) is 1. The Morgan fingerprint density at radius 3 is 2.55 bits per heavy atom. The second-order valence-electron chi connectivity index (χ2n) is 2.34. The molecule has 60 valence electrons. The van der Waals surface area contributed by atoms with Crippen molar-refractivity contribution in [2.45, 2.75) is 0 Å². The predicted octanol–water partition coefficient (Wildman–Crippen LogP) is 0.839. The molecule has 0 unspecified atom stereocenters. The van der Waals surface area contributed by atoms with Crippen molar-refractivity contribution in [1.29, 1.82) is 0 Å². The summed E-state index contributed by atoms with van der Waals surface area (Å²) < 4.78 is 0. The molecule has 3 heteroatoms. The molecule has 0 aromatic heterocycles. The van der Waals surface area contributed by atoms with Gasteiger partial charge in [0.2, 0.25) is 0 Å². The molecular formula is C8H13N3. The molecule has 0 aliphatic heterocycles. The van der Waals surface area contributed by atoms with Crippen molar-refractivity contribution in [3.8, 4) is 0 Å². The van der Waals surface area contributed by atoms with Gasteiger partial charge >= 0.3 is 0 Å². The fourth-order valence-corrected chi connectivity index (χ4v) is 0.913. The molecule has 1 rings (SSSR count). The first-order chi connectivity index (χ1) is 5.25. The molecule has 1 aromatic rings. The number of hydrogen-bond donors (Lipinski definition) is 2. The Bertz CT molecular complexity index is 235. The molecular weight excluding hydrogens is 138 g/mol. The smallest absolute Gasteiger partial charge is 0.0745 e. The minimum Gasteiger partial charge on any atom is -0.397 e. The molecule has 0 amide bonds. The summed E-state index contributed by atoms with van der Waals surface area (Å²) >= 11 is 0. The number of anilines is 2. The lowest BCUT2D eigenvalue weighted by Gasteiger charge is -2.18. The topological polar surface area (TPSA) is 41.3 Å². The van der Waals surface area contributed by atoms with Gasteiger partial charge in [0.05, 0.1) is 11.4 Å². The van der Waals surface area contributed by atoms with E-state index >= 15 is 0 Å². The van der Waals surface area contributed by atoms with Crippen LogP contribution < -0.4 is 16.2 Å². The van der Waals surface area contributed by atoms with Gasteiger partial charge in [-0.05, 0) is 12.1 Å². The number of nitrogen functional groups attached to an aromatic ring is 1. The van der Waals surface area contributed by atoms with E-state index in [1.807, 2.05) is 43.4 Å². The third-order valence-electron chi connectivity index (χ3n) is 1.63. The van der Waals surface area contributed by atoms with E-state index in [1.54, 1.807) is 0 Å². The standard InChI is InChI=1S/C8H13N3/c1-10-11(2)8-6-4-3-5-7(8)9/h3-6,10H,9H2,1-2H3. The van der Waals surface area contributed by atoms with E-state index in [2.05, 4.69) is 5.43 Å². The predicted molar refractivity (Wildman–Crippen MR) is 48.3 cm³/mol. The maximum atomic E-state index is 5.72. The van der Waals surface area contributed by atoms with Gasteiger partial charge in [-0.3, -0.25) is 0 Å². The summed E-state index contributed by atoms with van der Waals surface area (Å²) in [4.78, 5) is 0. The zero-order chi connectivity index (χ0) is 8.27. The zero-order valence-corrected chi connectivity index (χ0v) is 6.83. The Morgan fingerprint density at radius 2 is 2.00 bits per heavy atom. The van der Waals surface area contributed by atoms with Gasteiger partial charge in [-0.2, -0.15) is 0 Å². The molecule has 0 spiro atoms. The number of benzene rings is 1. The van der Waals surface area contributed by atoms with Crippen molar-refractivity contribution in [3.05, 3.63) is 24.3 Å². The van der Waals surface area contributed by atoms with Crippen LogP contribution in [0.5, 0.6) is 0 Å². The molecule has 3 N–H and O–H groups in total. The first kappa shape index (κ1) is 7.88. The summed E-state index contributed by atoms with van der Waals surface area (Å²) in [6.45, 7) is 0. The van der Waals surface area contributed by atoms with Crippen LogP contribution in [-0.4, -0.2) is 14.1 Å². The van der Waals surface area contributed by atoms with Crippen LogP contribution in [0.3, 0.4) is 0 Å². The van der Waals surface area contributed by atoms with Gasteiger partial charge in [0.1, 0.15) is 0 Å². The van der Waals surface area contributed by atoms with Gasteiger partial charge in [0, 0.05) is 14.1 Å². The molecule has 3 nitrogen and oxygen atoms in total. The van der Waals surface area contributed by atoms with E-state index in [-0.39, 0.29) is 0 Å². The Morgan fingerprint density at radius 1 is 1.36 bits per heavy atom. The maximum absolute atomic E-state index is 5.72. The third kappa shape index (κ3) is 1.62. The van der Waals surface area contributed by atoms with E-state index in [1.165, 1.54) is 0 Å². The van der Waals surface area contributed by atoms with E-state index in [4.69, 9.17) is 5.73 Å². The lowest BCUT2D eigenvalue weighted by molar-refractivity contribution is 0.793. The lowest BCUT2D eigenvalue weighted by Crippen LogP contribution is -2.30. The number of nitrogens with two attached hydrogens (primary N) is 1. The molecule has 0 radical (unpaired) electrons. The summed E-state index contributed by atoms with van der Waals surface area (Å²) in [5.41, 5.74) is 10.5. The highest BCUT2D eigenvalue weighted by molar-refractivity contribution is 5.66. The average molecular weight is 151 g/mol. The summed E-state index contributed by atoms with van der Waals surface area (Å²) in [6, 6.07) is 7.72. The highest BCUT2D eigenvalue weighted by atomic mass is 15.5. The Balaban J connectivity index is 2.93. The van der Waals surface area contributed by atoms with Gasteiger partial charge in [-0.25, -0.2) is 5.43 Å². The number of hydrogen-bond acceptors (Lipinski definition) is 3. The van der Waals surface area contributed by atoms with Gasteiger partial charge in [-0.15, -0.1) is 0 Å². The third-order valence-corrected chi connectivity index (χ3v) is 1.63. The second-order valence-corrected chi connectivity index (χ2v) is 2.34. The minimum absolute atomic E-state index is 0.782. The Kier molecular flexibility index (Phi) is 2.33. The number of hydrazine groups is 1. The van der Waals surface area contributed by atoms with Crippen LogP contribution in [0, 0.1) is 0 Å². The molecule has 0 bridgehead atoms. The zero-order valence-electron chi connectivity index (χ0n) is 6.83. The fraction of sp³-hybridized carbons (Fsp3) is 0.250. The van der Waals surface area contributed by atoms with Gasteiger partial charge in [0.15, 0.2) is 0 Å². The quantitative estimate of drug-likeness (QED) is 0.486. The Hall–Kier alpha value is -1.22. The largest absolute Gasteiger partial charge is 0.397 e. The van der Waals surface area contributed by atoms with Crippen LogP contribution in [-0.2, 0) is 0 Å². The van der Waals surface area contributed by atoms with Crippen molar-refractivity contribution < 1.29 is 0 Å². The molecule has 11 heavy (non-hydrogen) atoms.